The van der Waals surface area contributed by atoms with E-state index in [4.69, 9.17) is 5.26 Å². The number of piperidine rings is 2. The van der Waals surface area contributed by atoms with Gasteiger partial charge in [0.25, 0.3) is 0 Å². The van der Waals surface area contributed by atoms with Gasteiger partial charge in [-0.1, -0.05) is 23.8 Å². The van der Waals surface area contributed by atoms with Crippen molar-refractivity contribution >= 4 is 17.2 Å². The van der Waals surface area contributed by atoms with Gasteiger partial charge in [-0.2, -0.15) is 5.26 Å². The first-order chi connectivity index (χ1) is 15.5. The molecule has 2 fully saturated rings. The standard InChI is InChI=1S/C21H21FN8OS/c1-30(15-8-12-3-2-4-14(25-12)19(15)22)17-10-24-20(28-26-17)13-6-5-11(7-16(13)31)21-29-27-18(9-23)32-21/h5-7,10,12,14-15,19,25,31H,2-4,8H2,1H3/t12-,14+,15+,19-/m1/s1. The van der Waals surface area contributed by atoms with Crippen molar-refractivity contribution in [2.24, 2.45) is 0 Å². The van der Waals surface area contributed by atoms with Crippen molar-refractivity contribution in [3.05, 3.63) is 29.4 Å². The lowest BCUT2D eigenvalue weighted by Crippen LogP contribution is -2.61. The van der Waals surface area contributed by atoms with Crippen LogP contribution in [0.1, 0.15) is 30.7 Å². The second-order valence-corrected chi connectivity index (χ2v) is 9.13. The van der Waals surface area contributed by atoms with Crippen molar-refractivity contribution < 1.29 is 9.50 Å². The van der Waals surface area contributed by atoms with Gasteiger partial charge in [-0.15, -0.1) is 20.4 Å². The van der Waals surface area contributed by atoms with Crippen LogP contribution < -0.4 is 10.2 Å². The fourth-order valence-electron chi connectivity index (χ4n) is 4.51. The Morgan fingerprint density at radius 1 is 1.25 bits per heavy atom. The Morgan fingerprint density at radius 3 is 2.84 bits per heavy atom. The van der Waals surface area contributed by atoms with Crippen LogP contribution in [0.4, 0.5) is 10.2 Å². The largest absolute Gasteiger partial charge is 0.507 e. The molecule has 2 aromatic heterocycles. The van der Waals surface area contributed by atoms with Crippen LogP contribution in [-0.2, 0) is 0 Å². The normalized spacial score (nSPS) is 24.7. The van der Waals surface area contributed by atoms with E-state index in [1.54, 1.807) is 18.3 Å². The Kier molecular flexibility index (Phi) is 5.40. The first kappa shape index (κ1) is 20.7. The maximum absolute atomic E-state index is 15.0. The summed E-state index contributed by atoms with van der Waals surface area (Å²) in [6.45, 7) is 0. The number of nitriles is 1. The van der Waals surface area contributed by atoms with Gasteiger partial charge < -0.3 is 15.3 Å². The number of aromatic nitrogens is 5. The summed E-state index contributed by atoms with van der Waals surface area (Å²) in [5.41, 5.74) is 1.06. The highest BCUT2D eigenvalue weighted by molar-refractivity contribution is 7.15. The van der Waals surface area contributed by atoms with Gasteiger partial charge in [-0.05, 0) is 31.4 Å². The van der Waals surface area contributed by atoms with E-state index < -0.39 is 6.17 Å². The van der Waals surface area contributed by atoms with Gasteiger partial charge in [-0.3, -0.25) is 0 Å². The maximum atomic E-state index is 15.0. The van der Waals surface area contributed by atoms with Crippen molar-refractivity contribution in [2.45, 2.75) is 50.0 Å². The summed E-state index contributed by atoms with van der Waals surface area (Å²) in [6, 6.07) is 6.85. The number of rotatable bonds is 4. The molecule has 5 rings (SSSR count). The number of aromatic hydroxyl groups is 1. The summed E-state index contributed by atoms with van der Waals surface area (Å²) in [7, 11) is 1.83. The van der Waals surface area contributed by atoms with Crippen molar-refractivity contribution in [3.8, 4) is 33.8 Å². The number of fused-ring (bicyclic) bond motifs is 2. The fraction of sp³-hybridized carbons (Fsp3) is 0.429. The molecule has 9 nitrogen and oxygen atoms in total. The number of nitrogens with one attached hydrogen (secondary N) is 1. The molecule has 0 saturated carbocycles. The average molecular weight is 453 g/mol. The summed E-state index contributed by atoms with van der Waals surface area (Å²) in [5.74, 6) is 0.727. The van der Waals surface area contributed by atoms with E-state index in [9.17, 15) is 5.11 Å². The van der Waals surface area contributed by atoms with Gasteiger partial charge in [0.15, 0.2) is 11.6 Å². The molecule has 32 heavy (non-hydrogen) atoms. The summed E-state index contributed by atoms with van der Waals surface area (Å²) in [4.78, 5) is 6.19. The number of phenolic OH excluding ortho intramolecular Hbond substituents is 1. The third-order valence-electron chi connectivity index (χ3n) is 6.21. The molecule has 4 heterocycles. The van der Waals surface area contributed by atoms with Crippen molar-refractivity contribution in [1.29, 1.82) is 5.26 Å². The minimum absolute atomic E-state index is 0.0332. The summed E-state index contributed by atoms with van der Waals surface area (Å²) in [6.07, 6.45) is 4.30. The minimum atomic E-state index is -0.975. The van der Waals surface area contributed by atoms with Gasteiger partial charge in [0.1, 0.15) is 23.0 Å². The molecule has 2 saturated heterocycles. The molecule has 1 aromatic carbocycles. The quantitative estimate of drug-likeness (QED) is 0.615. The van der Waals surface area contributed by atoms with Crippen molar-refractivity contribution in [3.63, 3.8) is 0 Å². The third kappa shape index (κ3) is 3.76. The average Bonchev–Trinajstić information content (AvgIpc) is 3.31. The number of hydrogen-bond donors (Lipinski definition) is 2. The molecule has 0 unspecified atom stereocenters. The van der Waals surface area contributed by atoms with E-state index in [0.29, 0.717) is 28.0 Å². The topological polar surface area (TPSA) is 124 Å². The number of benzene rings is 1. The highest BCUT2D eigenvalue weighted by atomic mass is 32.1. The molecule has 164 valence electrons. The molecule has 0 spiro atoms. The van der Waals surface area contributed by atoms with Crippen LogP contribution in [0, 0.1) is 11.3 Å². The number of phenols is 1. The van der Waals surface area contributed by atoms with E-state index >= 15 is 4.39 Å². The second-order valence-electron chi connectivity index (χ2n) is 8.16. The zero-order valence-electron chi connectivity index (χ0n) is 17.3. The molecule has 2 N–H and O–H groups in total. The van der Waals surface area contributed by atoms with Crippen LogP contribution >= 0.6 is 11.3 Å². The summed E-state index contributed by atoms with van der Waals surface area (Å²) < 4.78 is 15.0. The van der Waals surface area contributed by atoms with E-state index in [0.717, 1.165) is 37.0 Å². The molecule has 0 radical (unpaired) electrons. The Balaban J connectivity index is 1.35. The van der Waals surface area contributed by atoms with Gasteiger partial charge in [0.2, 0.25) is 5.01 Å². The van der Waals surface area contributed by atoms with Crippen LogP contribution in [0.5, 0.6) is 5.75 Å². The lowest BCUT2D eigenvalue weighted by Gasteiger charge is -2.45. The van der Waals surface area contributed by atoms with E-state index in [1.807, 2.05) is 18.0 Å². The lowest BCUT2D eigenvalue weighted by atomic mass is 9.82. The molecule has 4 atom stereocenters. The first-order valence-electron chi connectivity index (χ1n) is 10.4. The minimum Gasteiger partial charge on any atom is -0.507 e. The van der Waals surface area contributed by atoms with E-state index in [1.165, 1.54) is 6.07 Å². The molecular weight excluding hydrogens is 431 g/mol. The van der Waals surface area contributed by atoms with Crippen molar-refractivity contribution in [1.82, 2.24) is 30.7 Å². The van der Waals surface area contributed by atoms with Crippen LogP contribution in [-0.4, -0.2) is 61.8 Å². The molecule has 2 aliphatic heterocycles. The highest BCUT2D eigenvalue weighted by Crippen LogP contribution is 2.34. The molecule has 0 aliphatic carbocycles. The molecule has 2 aliphatic rings. The van der Waals surface area contributed by atoms with Crippen LogP contribution in [0.15, 0.2) is 24.4 Å². The second kappa shape index (κ2) is 8.37. The smallest absolute Gasteiger partial charge is 0.218 e. The zero-order chi connectivity index (χ0) is 22.2. The Hall–Kier alpha value is -3.23. The van der Waals surface area contributed by atoms with Gasteiger partial charge >= 0.3 is 0 Å². The highest BCUT2D eigenvalue weighted by Gasteiger charge is 2.42. The van der Waals surface area contributed by atoms with Crippen molar-refractivity contribution in [2.75, 3.05) is 11.9 Å². The third-order valence-corrected chi connectivity index (χ3v) is 7.09. The number of hydrogen-bond acceptors (Lipinski definition) is 10. The Bertz CT molecular complexity index is 1160. The predicted molar refractivity (Wildman–Crippen MR) is 117 cm³/mol. The van der Waals surface area contributed by atoms with Crippen LogP contribution in [0.25, 0.3) is 22.0 Å². The van der Waals surface area contributed by atoms with Gasteiger partial charge in [0.05, 0.1) is 17.8 Å². The van der Waals surface area contributed by atoms with Gasteiger partial charge in [-0.25, -0.2) is 9.37 Å². The number of alkyl halides is 1. The molecule has 2 bridgehead atoms. The van der Waals surface area contributed by atoms with Crippen LogP contribution in [0.2, 0.25) is 0 Å². The van der Waals surface area contributed by atoms with Crippen LogP contribution in [0.3, 0.4) is 0 Å². The molecule has 0 amide bonds. The number of nitrogens with zero attached hydrogens (tertiary/aromatic N) is 7. The predicted octanol–water partition coefficient (Wildman–Crippen LogP) is 2.69. The molecular formula is C21H21FN8OS. The Morgan fingerprint density at radius 2 is 2.12 bits per heavy atom. The number of halogens is 1. The van der Waals surface area contributed by atoms with E-state index in [2.05, 4.69) is 30.7 Å². The maximum Gasteiger partial charge on any atom is 0.218 e. The lowest BCUT2D eigenvalue weighted by molar-refractivity contribution is 0.107. The molecule has 3 aromatic rings. The van der Waals surface area contributed by atoms with Gasteiger partial charge in [0, 0.05) is 24.7 Å². The van der Waals surface area contributed by atoms with E-state index in [-0.39, 0.29) is 28.7 Å². The molecule has 11 heteroatoms. The Labute approximate surface area is 188 Å². The number of anilines is 1. The monoisotopic (exact) mass is 452 g/mol. The SMILES string of the molecule is CN(c1cnc(-c2ccc(-c3nnc(C#N)s3)cc2O)nn1)[C@H]1C[C@H]2CCC[C@H](N2)[C@H]1F. The zero-order valence-corrected chi connectivity index (χ0v) is 18.1. The fourth-order valence-corrected chi connectivity index (χ4v) is 5.15. The summed E-state index contributed by atoms with van der Waals surface area (Å²) in [5, 5.41) is 39.7. The first-order valence-corrected chi connectivity index (χ1v) is 11.2. The summed E-state index contributed by atoms with van der Waals surface area (Å²) >= 11 is 1.14.